The van der Waals surface area contributed by atoms with Gasteiger partial charge in [0.25, 0.3) is 0 Å². The molecule has 0 saturated carbocycles. The molecule has 0 aliphatic heterocycles. The summed E-state index contributed by atoms with van der Waals surface area (Å²) in [5.74, 6) is 0. The SMILES string of the molecule is [AlH3].[BaH2].[La].[Li][F].[Zr]. The van der Waals surface area contributed by atoms with Gasteiger partial charge in [-0.25, -0.2) is 0 Å². The van der Waals surface area contributed by atoms with Crippen molar-refractivity contribution >= 4 is 84.4 Å². The van der Waals surface area contributed by atoms with Crippen LogP contribution in [0.25, 0.3) is 0 Å². The fourth-order valence-corrected chi connectivity index (χ4v) is 0. The Morgan fingerprint density at radius 3 is 1.17 bits per heavy atom. The van der Waals surface area contributed by atoms with Gasteiger partial charge in [-0.15, -0.1) is 0 Å². The fourth-order valence-electron chi connectivity index (χ4n) is 0. The van der Waals surface area contributed by atoms with E-state index in [9.17, 15) is 3.38 Å². The Labute approximate surface area is 145 Å². The van der Waals surface area contributed by atoms with Crippen molar-refractivity contribution in [2.45, 2.75) is 0 Å². The van der Waals surface area contributed by atoms with E-state index < -0.39 is 0 Å². The number of hydrogen-bond donors (Lipinski definition) is 0. The first-order chi connectivity index (χ1) is 1.00. The molecule has 0 fully saturated rings. The van der Waals surface area contributed by atoms with E-state index in [0.29, 0.717) is 18.2 Å². The molecular formula is H5AlBaFLaLiZr. The van der Waals surface area contributed by atoms with Gasteiger partial charge in [-0.05, 0) is 0 Å². The summed E-state index contributed by atoms with van der Waals surface area (Å²) in [7, 11) is 0. The van der Waals surface area contributed by atoms with E-state index in [-0.39, 0.29) is 128 Å². The quantitative estimate of drug-likeness (QED) is 0.392. The summed E-state index contributed by atoms with van der Waals surface area (Å²) in [6, 6.07) is 0. The molecule has 0 bridgehead atoms. The second kappa shape index (κ2) is 33.2. The van der Waals surface area contributed by atoms with Crippen LogP contribution in [-0.4, -0.2) is 84.4 Å². The molecule has 0 saturated heterocycles. The van der Waals surface area contributed by atoms with Crippen molar-refractivity contribution in [3.63, 3.8) is 0 Å². The van der Waals surface area contributed by atoms with Gasteiger partial charge in [-0.1, -0.05) is 0 Å². The zero-order chi connectivity index (χ0) is 2.00. The van der Waals surface area contributed by atoms with Gasteiger partial charge < -0.3 is 0 Å². The van der Waals surface area contributed by atoms with Crippen molar-refractivity contribution in [2.75, 3.05) is 0 Å². The Kier molecular flexibility index (Phi) is 171. The minimum atomic E-state index is 0. The Morgan fingerprint density at radius 2 is 1.17 bits per heavy atom. The topological polar surface area (TPSA) is 0 Å². The van der Waals surface area contributed by atoms with Crippen LogP contribution >= 0.6 is 0 Å². The van der Waals surface area contributed by atoms with Crippen LogP contribution in [0.5, 0.6) is 0 Å². The van der Waals surface area contributed by atoms with Gasteiger partial charge in [-0.2, -0.15) is 0 Å². The normalized spacial score (nSPS) is 1.17. The molecule has 0 aromatic rings. The van der Waals surface area contributed by atoms with E-state index in [1.165, 1.54) is 0 Å². The molecule has 1 radical (unpaired) electrons. The van der Waals surface area contributed by atoms with Crippen molar-refractivity contribution in [1.29, 1.82) is 0 Å². The maximum Gasteiger partial charge on any atom is 0 e. The molecule has 0 aromatic carbocycles. The molecule has 0 aliphatic carbocycles. The van der Waals surface area contributed by atoms with Gasteiger partial charge in [0, 0.05) is 61.8 Å². The van der Waals surface area contributed by atoms with Gasteiger partial charge in [0.2, 0.25) is 0 Å². The Hall–Kier alpha value is 4.71. The summed E-state index contributed by atoms with van der Waals surface area (Å²) in [4.78, 5) is 0. The van der Waals surface area contributed by atoms with Gasteiger partial charge in [0.15, 0.2) is 17.4 Å². The molecule has 0 aromatic heterocycles. The standard InChI is InChI=1S/Al.Ba.FH.La.Li.Zr.5H/h;;1H;;;;;;;;/q;;;;+1;;;;;;/p-1. The first kappa shape index (κ1) is 31.0. The monoisotopic (exact) mass is 425 g/mol. The molecule has 0 aliphatic rings. The van der Waals surface area contributed by atoms with Crippen LogP contribution in [0.1, 0.15) is 0 Å². The second-order valence-corrected chi connectivity index (χ2v) is 0. The molecule has 6 heavy (non-hydrogen) atoms. The van der Waals surface area contributed by atoms with Crippen molar-refractivity contribution in [3.05, 3.63) is 0 Å². The molecule has 0 spiro atoms. The van der Waals surface area contributed by atoms with Crippen molar-refractivity contribution in [1.82, 2.24) is 0 Å². The average Bonchev–Trinajstić information content (AvgIpc) is 1.00. The predicted octanol–water partition coefficient (Wildman–Crippen LogP) is -2.06. The average molecular weight is 425 g/mol. The second-order valence-electron chi connectivity index (χ2n) is 0. The number of halogens is 1. The Morgan fingerprint density at radius 1 is 1.17 bits per heavy atom. The first-order valence-electron chi connectivity index (χ1n) is 0.378. The Balaban J connectivity index is -0.000000000833. The third kappa shape index (κ3) is 23.3. The van der Waals surface area contributed by atoms with Crippen molar-refractivity contribution in [3.8, 4) is 0 Å². The molecule has 0 atom stereocenters. The van der Waals surface area contributed by atoms with Crippen LogP contribution in [0.4, 0.5) is 3.38 Å². The molecular weight excluding hydrogens is 420 g/mol. The van der Waals surface area contributed by atoms with E-state index in [2.05, 4.69) is 0 Å². The van der Waals surface area contributed by atoms with Gasteiger partial charge in [0.1, 0.15) is 0 Å². The van der Waals surface area contributed by atoms with Gasteiger partial charge in [0.05, 0.1) is 0 Å². The van der Waals surface area contributed by atoms with E-state index in [1.54, 1.807) is 0 Å². The zero-order valence-electron chi connectivity index (χ0n) is 2.46. The van der Waals surface area contributed by atoms with Gasteiger partial charge >= 0.3 is 70.5 Å². The van der Waals surface area contributed by atoms with Crippen molar-refractivity contribution < 1.29 is 65.2 Å². The number of rotatable bonds is 0. The van der Waals surface area contributed by atoms with Crippen LogP contribution in [0.15, 0.2) is 0 Å². The molecule has 6 heteroatoms. The van der Waals surface area contributed by atoms with Crippen LogP contribution in [0.2, 0.25) is 0 Å². The zero-order valence-corrected chi connectivity index (χ0v) is 8.54. The molecule has 0 unspecified atom stereocenters. The molecule has 0 N–H and O–H groups in total. The summed E-state index contributed by atoms with van der Waals surface area (Å²) in [5, 5.41) is 0. The fraction of sp³-hybridized carbons (Fsp3) is 0. The van der Waals surface area contributed by atoms with Crippen molar-refractivity contribution in [2.24, 2.45) is 0 Å². The molecule has 25 valence electrons. The van der Waals surface area contributed by atoms with E-state index in [4.69, 9.17) is 0 Å². The summed E-state index contributed by atoms with van der Waals surface area (Å²) >= 11 is 0.500. The third-order valence-electron chi connectivity index (χ3n) is 0. The molecule has 0 nitrogen and oxygen atoms in total. The molecule has 0 heterocycles. The Bertz CT molecular complexity index is 15.5. The maximum atomic E-state index is 9.50. The third-order valence-corrected chi connectivity index (χ3v) is 0. The van der Waals surface area contributed by atoms with Crippen LogP contribution in [0, 0.1) is 35.6 Å². The summed E-state index contributed by atoms with van der Waals surface area (Å²) in [6.07, 6.45) is 0. The smallest absolute Gasteiger partial charge is 0 e. The summed E-state index contributed by atoms with van der Waals surface area (Å²) < 4.78 is 9.50. The largest absolute Gasteiger partial charge is 0 e. The summed E-state index contributed by atoms with van der Waals surface area (Å²) in [5.41, 5.74) is 0. The summed E-state index contributed by atoms with van der Waals surface area (Å²) in [6.45, 7) is 0. The van der Waals surface area contributed by atoms with Crippen LogP contribution in [-0.2, 0) is 26.2 Å². The minimum absolute atomic E-state index is 0. The van der Waals surface area contributed by atoms with E-state index >= 15 is 0 Å². The molecule has 0 amide bonds. The maximum absolute atomic E-state index is 9.50. The van der Waals surface area contributed by atoms with Gasteiger partial charge in [-0.3, -0.25) is 0 Å². The molecule has 0 rings (SSSR count). The predicted molar refractivity (Wildman–Crippen MR) is 25.3 cm³/mol. The van der Waals surface area contributed by atoms with Crippen LogP contribution < -0.4 is 0 Å². The van der Waals surface area contributed by atoms with E-state index in [0.717, 1.165) is 0 Å². The number of hydrogen-bond acceptors (Lipinski definition) is 0. The minimum Gasteiger partial charge on any atom is 0 e. The first-order valence-corrected chi connectivity index (χ1v) is 0.378. The van der Waals surface area contributed by atoms with Crippen LogP contribution in [0.3, 0.4) is 0 Å². The van der Waals surface area contributed by atoms with E-state index in [1.807, 2.05) is 0 Å².